The third-order valence-corrected chi connectivity index (χ3v) is 4.46. The van der Waals surface area contributed by atoms with E-state index in [-0.39, 0.29) is 16.9 Å². The van der Waals surface area contributed by atoms with Crippen LogP contribution < -0.4 is 15.8 Å². The van der Waals surface area contributed by atoms with Crippen molar-refractivity contribution in [2.45, 2.75) is 26.1 Å². The third kappa shape index (κ3) is 4.94. The van der Waals surface area contributed by atoms with Gasteiger partial charge in [0.15, 0.2) is 0 Å². The molecule has 156 valence electrons. The molecule has 0 spiro atoms. The van der Waals surface area contributed by atoms with Crippen LogP contribution in [0.5, 0.6) is 0 Å². The fourth-order valence-electron chi connectivity index (χ4n) is 3.02. The maximum atomic E-state index is 13.2. The van der Waals surface area contributed by atoms with Crippen LogP contribution in [0.3, 0.4) is 0 Å². The van der Waals surface area contributed by atoms with Gasteiger partial charge >= 0.3 is 6.18 Å². The normalized spacial score (nSPS) is 14.7. The zero-order valence-corrected chi connectivity index (χ0v) is 15.8. The van der Waals surface area contributed by atoms with Gasteiger partial charge in [-0.3, -0.25) is 9.59 Å². The largest absolute Gasteiger partial charge is 0.416 e. The Labute approximate surface area is 165 Å². The topological polar surface area (TPSA) is 76.5 Å². The number of halogens is 3. The minimum Gasteiger partial charge on any atom is -0.378 e. The molecule has 1 fully saturated rings. The second kappa shape index (κ2) is 8.64. The van der Waals surface area contributed by atoms with Gasteiger partial charge in [-0.15, -0.1) is 0 Å². The number of ether oxygens (including phenoxy) is 1. The molecule has 10 heteroatoms. The Hall–Kier alpha value is -2.88. The molecule has 1 aromatic carbocycles. The minimum absolute atomic E-state index is 0.0294. The average molecular weight is 410 g/mol. The number of anilines is 2. The molecule has 1 saturated heterocycles. The smallest absolute Gasteiger partial charge is 0.378 e. The number of hydrogen-bond donors (Lipinski definition) is 1. The Morgan fingerprint density at radius 2 is 1.93 bits per heavy atom. The van der Waals surface area contributed by atoms with E-state index in [0.717, 1.165) is 16.8 Å². The number of nitrogens with zero attached hydrogens (tertiary/aromatic N) is 3. The Morgan fingerprint density at radius 1 is 1.21 bits per heavy atom. The van der Waals surface area contributed by atoms with Crippen molar-refractivity contribution in [2.75, 3.05) is 36.5 Å². The van der Waals surface area contributed by atoms with E-state index >= 15 is 0 Å². The highest BCUT2D eigenvalue weighted by Crippen LogP contribution is 2.35. The summed E-state index contributed by atoms with van der Waals surface area (Å²) < 4.78 is 46.0. The van der Waals surface area contributed by atoms with Gasteiger partial charge in [0, 0.05) is 25.7 Å². The molecule has 7 nitrogen and oxygen atoms in total. The molecule has 1 aliphatic rings. The fraction of sp³-hybridized carbons (Fsp3) is 0.421. The summed E-state index contributed by atoms with van der Waals surface area (Å²) in [7, 11) is 0. The van der Waals surface area contributed by atoms with Crippen LogP contribution in [0.15, 0.2) is 35.1 Å². The van der Waals surface area contributed by atoms with Crippen molar-refractivity contribution in [3.63, 3.8) is 0 Å². The van der Waals surface area contributed by atoms with Gasteiger partial charge in [0.05, 0.1) is 30.2 Å². The maximum Gasteiger partial charge on any atom is 0.416 e. The van der Waals surface area contributed by atoms with Crippen molar-refractivity contribution in [2.24, 2.45) is 0 Å². The van der Waals surface area contributed by atoms with Crippen LogP contribution in [-0.4, -0.2) is 42.0 Å². The molecule has 0 bridgehead atoms. The molecule has 2 aromatic rings. The lowest BCUT2D eigenvalue weighted by Crippen LogP contribution is -2.37. The number of aryl methyl sites for hydroxylation is 1. The van der Waals surface area contributed by atoms with Crippen molar-refractivity contribution in [1.82, 2.24) is 9.78 Å². The van der Waals surface area contributed by atoms with E-state index < -0.39 is 17.6 Å². The van der Waals surface area contributed by atoms with Crippen LogP contribution in [0.25, 0.3) is 0 Å². The first-order chi connectivity index (χ1) is 13.8. The van der Waals surface area contributed by atoms with Crippen LogP contribution in [0.1, 0.15) is 29.4 Å². The lowest BCUT2D eigenvalue weighted by molar-refractivity contribution is -0.137. The van der Waals surface area contributed by atoms with Crippen LogP contribution in [0.4, 0.5) is 24.5 Å². The zero-order chi connectivity index (χ0) is 21.0. The minimum atomic E-state index is -4.55. The first-order valence-corrected chi connectivity index (χ1v) is 9.23. The molecule has 2 heterocycles. The van der Waals surface area contributed by atoms with Crippen LogP contribution in [0.2, 0.25) is 0 Å². The van der Waals surface area contributed by atoms with Gasteiger partial charge in [0.2, 0.25) is 0 Å². The molecule has 1 aromatic heterocycles. The Balaban J connectivity index is 1.94. The molecule has 0 unspecified atom stereocenters. The fourth-order valence-corrected chi connectivity index (χ4v) is 3.02. The highest BCUT2D eigenvalue weighted by Gasteiger charge is 2.32. The number of hydrogen-bond acceptors (Lipinski definition) is 5. The molecule has 29 heavy (non-hydrogen) atoms. The molecule has 0 atom stereocenters. The predicted octanol–water partition coefficient (Wildman–Crippen LogP) is 2.76. The summed E-state index contributed by atoms with van der Waals surface area (Å²) in [6.07, 6.45) is -3.90. The number of nitrogens with one attached hydrogen (secondary N) is 1. The van der Waals surface area contributed by atoms with E-state index in [1.807, 2.05) is 11.8 Å². The van der Waals surface area contributed by atoms with E-state index in [1.165, 1.54) is 18.2 Å². The van der Waals surface area contributed by atoms with Gasteiger partial charge in [-0.2, -0.15) is 18.3 Å². The summed E-state index contributed by atoms with van der Waals surface area (Å²) in [6, 6.07) is 5.71. The van der Waals surface area contributed by atoms with Crippen molar-refractivity contribution in [3.05, 3.63) is 51.9 Å². The highest BCUT2D eigenvalue weighted by atomic mass is 19.4. The molecule has 1 amide bonds. The van der Waals surface area contributed by atoms with E-state index in [2.05, 4.69) is 10.4 Å². The number of alkyl halides is 3. The summed E-state index contributed by atoms with van der Waals surface area (Å²) in [6.45, 7) is 4.07. The van der Waals surface area contributed by atoms with E-state index in [1.54, 1.807) is 0 Å². The highest BCUT2D eigenvalue weighted by molar-refractivity contribution is 6.04. The van der Waals surface area contributed by atoms with Gasteiger partial charge in [-0.1, -0.05) is 6.92 Å². The van der Waals surface area contributed by atoms with Crippen LogP contribution >= 0.6 is 0 Å². The predicted molar refractivity (Wildman–Crippen MR) is 101 cm³/mol. The van der Waals surface area contributed by atoms with Crippen molar-refractivity contribution in [1.29, 1.82) is 0 Å². The third-order valence-electron chi connectivity index (χ3n) is 4.46. The van der Waals surface area contributed by atoms with Crippen LogP contribution in [0, 0.1) is 0 Å². The second-order valence-corrected chi connectivity index (χ2v) is 6.56. The molecular weight excluding hydrogens is 389 g/mol. The first kappa shape index (κ1) is 20.8. The summed E-state index contributed by atoms with van der Waals surface area (Å²) in [5, 5.41) is 6.53. The monoisotopic (exact) mass is 410 g/mol. The number of benzene rings is 1. The van der Waals surface area contributed by atoms with Gasteiger partial charge in [0.1, 0.15) is 5.69 Å². The molecular formula is C19H21F3N4O3. The summed E-state index contributed by atoms with van der Waals surface area (Å²) in [5.41, 5.74) is -0.771. The Bertz CT molecular complexity index is 937. The van der Waals surface area contributed by atoms with E-state index in [9.17, 15) is 22.8 Å². The molecule has 3 rings (SSSR count). The van der Waals surface area contributed by atoms with Gasteiger partial charge in [0.25, 0.3) is 11.5 Å². The number of carbonyl (C=O) groups is 1. The van der Waals surface area contributed by atoms with Crippen molar-refractivity contribution >= 4 is 17.3 Å². The Kier molecular flexibility index (Phi) is 6.21. The molecule has 1 N–H and O–H groups in total. The first-order valence-electron chi connectivity index (χ1n) is 9.23. The molecule has 1 aliphatic heterocycles. The quantitative estimate of drug-likeness (QED) is 0.820. The molecule has 0 saturated carbocycles. The zero-order valence-electron chi connectivity index (χ0n) is 15.8. The maximum absolute atomic E-state index is 13.2. The number of aromatic nitrogens is 2. The Morgan fingerprint density at radius 3 is 2.59 bits per heavy atom. The molecule has 0 aliphatic carbocycles. The number of amides is 1. The SMILES string of the molecule is CCCn1nc(C(=O)Nc2cc(C(F)(F)F)ccc2N2CCOCC2)ccc1=O. The van der Waals surface area contributed by atoms with Gasteiger partial charge < -0.3 is 15.0 Å². The summed E-state index contributed by atoms with van der Waals surface area (Å²) in [4.78, 5) is 26.3. The van der Waals surface area contributed by atoms with Crippen LogP contribution in [-0.2, 0) is 17.5 Å². The van der Waals surface area contributed by atoms with Gasteiger partial charge in [-0.05, 0) is 30.7 Å². The number of carbonyl (C=O) groups excluding carboxylic acids is 1. The van der Waals surface area contributed by atoms with E-state index in [4.69, 9.17) is 4.74 Å². The number of rotatable bonds is 5. The lowest BCUT2D eigenvalue weighted by Gasteiger charge is -2.31. The lowest BCUT2D eigenvalue weighted by atomic mass is 10.1. The summed E-state index contributed by atoms with van der Waals surface area (Å²) >= 11 is 0. The molecule has 0 radical (unpaired) electrons. The standard InChI is InChI=1S/C19H21F3N4O3/c1-2-7-26-17(27)6-4-14(24-26)18(28)23-15-12-13(19(20,21)22)3-5-16(15)25-8-10-29-11-9-25/h3-6,12H,2,7-11H2,1H3,(H,23,28). The van der Waals surface area contributed by atoms with E-state index in [0.29, 0.717) is 45.0 Å². The summed E-state index contributed by atoms with van der Waals surface area (Å²) in [5.74, 6) is -0.691. The van der Waals surface area contributed by atoms with Gasteiger partial charge in [-0.25, -0.2) is 4.68 Å². The van der Waals surface area contributed by atoms with Crippen molar-refractivity contribution in [3.8, 4) is 0 Å². The number of morpholine rings is 1. The second-order valence-electron chi connectivity index (χ2n) is 6.56. The average Bonchev–Trinajstić information content (AvgIpc) is 2.69. The van der Waals surface area contributed by atoms with Crippen molar-refractivity contribution < 1.29 is 22.7 Å².